The Morgan fingerprint density at radius 2 is 1.94 bits per heavy atom. The highest BCUT2D eigenvalue weighted by Crippen LogP contribution is 2.19. The van der Waals surface area contributed by atoms with Gasteiger partial charge in [-0.1, -0.05) is 12.1 Å². The topological polar surface area (TPSA) is 76.0 Å². The van der Waals surface area contributed by atoms with Crippen LogP contribution in [0.5, 0.6) is 0 Å². The summed E-state index contributed by atoms with van der Waals surface area (Å²) in [7, 11) is 0. The van der Waals surface area contributed by atoms with E-state index in [-0.39, 0.29) is 0 Å². The summed E-state index contributed by atoms with van der Waals surface area (Å²) in [4.78, 5) is 29.5. The third-order valence-electron chi connectivity index (χ3n) is 2.63. The van der Waals surface area contributed by atoms with Gasteiger partial charge in [0.15, 0.2) is 0 Å². The predicted octanol–water partition coefficient (Wildman–Crippen LogP) is 1.34. The summed E-state index contributed by atoms with van der Waals surface area (Å²) in [5, 5.41) is 1.19. The summed E-state index contributed by atoms with van der Waals surface area (Å²) in [5.74, 6) is -0.765. The Morgan fingerprint density at radius 3 is 2.76 bits per heavy atom. The molecule has 0 fully saturated rings. The minimum atomic E-state index is -0.765. The molecule has 0 aliphatic carbocycles. The first-order chi connectivity index (χ1) is 8.15. The van der Waals surface area contributed by atoms with Crippen molar-refractivity contribution in [3.8, 4) is 0 Å². The summed E-state index contributed by atoms with van der Waals surface area (Å²) in [5.41, 5.74) is 1.20. The number of hydrogen-bond acceptors (Lipinski definition) is 4. The zero-order valence-corrected chi connectivity index (χ0v) is 8.98. The molecular formula is C12H8N2O3. The molecular weight excluding hydrogens is 220 g/mol. The average molecular weight is 228 g/mol. The van der Waals surface area contributed by atoms with E-state index < -0.39 is 11.4 Å². The lowest BCUT2D eigenvalue weighted by atomic mass is 10.1. The normalized spacial score (nSPS) is 11.1. The van der Waals surface area contributed by atoms with Gasteiger partial charge in [-0.05, 0) is 19.1 Å². The average Bonchev–Trinajstić information content (AvgIpc) is 2.28. The van der Waals surface area contributed by atoms with Crippen molar-refractivity contribution in [3.63, 3.8) is 0 Å². The molecule has 0 amide bonds. The molecule has 1 aromatic carbocycles. The van der Waals surface area contributed by atoms with Gasteiger partial charge in [-0.25, -0.2) is 9.59 Å². The number of benzene rings is 1. The van der Waals surface area contributed by atoms with Crippen LogP contribution < -0.4 is 11.4 Å². The number of aromatic amines is 1. The lowest BCUT2D eigenvalue weighted by Crippen LogP contribution is -2.14. The molecule has 0 bridgehead atoms. The Hall–Kier alpha value is -2.43. The van der Waals surface area contributed by atoms with Crippen LogP contribution in [0.4, 0.5) is 0 Å². The van der Waals surface area contributed by atoms with Gasteiger partial charge in [-0.2, -0.15) is 0 Å². The maximum atomic E-state index is 11.5. The molecule has 0 aliphatic rings. The van der Waals surface area contributed by atoms with Crippen molar-refractivity contribution in [3.05, 3.63) is 50.9 Å². The number of nitrogens with one attached hydrogen (secondary N) is 1. The molecule has 2 heterocycles. The number of H-pyrrole nitrogens is 1. The van der Waals surface area contributed by atoms with E-state index in [1.165, 1.54) is 0 Å². The Balaban J connectivity index is 2.67. The molecule has 3 rings (SSSR count). The molecule has 3 aromatic rings. The SMILES string of the molecule is Cc1ccc2ccc3c(=O)oc(=O)[nH]c3c2n1. The molecule has 0 atom stereocenters. The Morgan fingerprint density at radius 1 is 1.18 bits per heavy atom. The van der Waals surface area contributed by atoms with Crippen molar-refractivity contribution in [1.82, 2.24) is 9.97 Å². The van der Waals surface area contributed by atoms with Gasteiger partial charge >= 0.3 is 11.4 Å². The van der Waals surface area contributed by atoms with Crippen molar-refractivity contribution in [1.29, 1.82) is 0 Å². The summed E-state index contributed by atoms with van der Waals surface area (Å²) in [6.45, 7) is 1.85. The van der Waals surface area contributed by atoms with Gasteiger partial charge in [0.25, 0.3) is 0 Å². The molecule has 0 saturated carbocycles. The number of pyridine rings is 1. The first-order valence-electron chi connectivity index (χ1n) is 5.09. The molecule has 0 aliphatic heterocycles. The summed E-state index contributed by atoms with van der Waals surface area (Å²) >= 11 is 0. The van der Waals surface area contributed by atoms with Crippen molar-refractivity contribution >= 4 is 21.8 Å². The van der Waals surface area contributed by atoms with Gasteiger partial charge < -0.3 is 4.42 Å². The highest BCUT2D eigenvalue weighted by molar-refractivity contribution is 6.01. The molecule has 0 radical (unpaired) electrons. The molecule has 2 aromatic heterocycles. The van der Waals surface area contributed by atoms with Gasteiger partial charge in [-0.15, -0.1) is 0 Å². The highest BCUT2D eigenvalue weighted by atomic mass is 16.4. The molecule has 0 saturated heterocycles. The second-order valence-corrected chi connectivity index (χ2v) is 3.81. The van der Waals surface area contributed by atoms with Crippen LogP contribution in [0.1, 0.15) is 5.69 Å². The number of aromatic nitrogens is 2. The molecule has 5 heteroatoms. The molecule has 5 nitrogen and oxygen atoms in total. The number of hydrogen-bond donors (Lipinski definition) is 1. The van der Waals surface area contributed by atoms with Crippen LogP contribution in [0.3, 0.4) is 0 Å². The second-order valence-electron chi connectivity index (χ2n) is 3.81. The zero-order valence-electron chi connectivity index (χ0n) is 8.98. The van der Waals surface area contributed by atoms with E-state index in [1.807, 2.05) is 19.1 Å². The predicted molar refractivity (Wildman–Crippen MR) is 63.1 cm³/mol. The smallest absolute Gasteiger partial charge is 0.372 e. The van der Waals surface area contributed by atoms with Crippen molar-refractivity contribution in [2.75, 3.05) is 0 Å². The third-order valence-corrected chi connectivity index (χ3v) is 2.63. The van der Waals surface area contributed by atoms with Crippen LogP contribution in [0.15, 0.2) is 38.3 Å². The number of nitrogens with zero attached hydrogens (tertiary/aromatic N) is 1. The number of fused-ring (bicyclic) bond motifs is 3. The van der Waals surface area contributed by atoms with Crippen molar-refractivity contribution < 1.29 is 4.42 Å². The first kappa shape index (κ1) is 9.77. The van der Waals surface area contributed by atoms with Crippen LogP contribution in [-0.2, 0) is 0 Å². The van der Waals surface area contributed by atoms with Gasteiger partial charge in [0, 0.05) is 11.1 Å². The molecule has 17 heavy (non-hydrogen) atoms. The maximum Gasteiger partial charge on any atom is 0.419 e. The standard InChI is InChI=1S/C12H8N2O3/c1-6-2-3-7-4-5-8-10(9(7)13-6)14-12(16)17-11(8)15/h2-5H,1H3,(H,14,16). The number of aryl methyl sites for hydroxylation is 1. The van der Waals surface area contributed by atoms with E-state index in [0.29, 0.717) is 16.4 Å². The summed E-state index contributed by atoms with van der Waals surface area (Å²) < 4.78 is 4.48. The molecule has 84 valence electrons. The fraction of sp³-hybridized carbons (Fsp3) is 0.0833. The van der Waals surface area contributed by atoms with E-state index in [9.17, 15) is 9.59 Å². The lowest BCUT2D eigenvalue weighted by molar-refractivity contribution is 0.460. The Kier molecular flexibility index (Phi) is 1.89. The first-order valence-corrected chi connectivity index (χ1v) is 5.09. The molecule has 0 spiro atoms. The van der Waals surface area contributed by atoms with E-state index >= 15 is 0 Å². The summed E-state index contributed by atoms with van der Waals surface area (Å²) in [6, 6.07) is 7.16. The monoisotopic (exact) mass is 228 g/mol. The van der Waals surface area contributed by atoms with Gasteiger partial charge in [0.05, 0.1) is 16.4 Å². The van der Waals surface area contributed by atoms with E-state index in [4.69, 9.17) is 0 Å². The van der Waals surface area contributed by atoms with Crippen LogP contribution in [0, 0.1) is 6.92 Å². The van der Waals surface area contributed by atoms with Gasteiger partial charge in [-0.3, -0.25) is 9.97 Å². The molecule has 0 unspecified atom stereocenters. The number of rotatable bonds is 0. The van der Waals surface area contributed by atoms with Crippen LogP contribution in [-0.4, -0.2) is 9.97 Å². The van der Waals surface area contributed by atoms with E-state index in [1.54, 1.807) is 12.1 Å². The fourth-order valence-electron chi connectivity index (χ4n) is 1.85. The summed E-state index contributed by atoms with van der Waals surface area (Å²) in [6.07, 6.45) is 0. The maximum absolute atomic E-state index is 11.5. The third kappa shape index (κ3) is 1.44. The minimum absolute atomic E-state index is 0.329. The second kappa shape index (κ2) is 3.28. The van der Waals surface area contributed by atoms with Gasteiger partial charge in [0.2, 0.25) is 0 Å². The van der Waals surface area contributed by atoms with Crippen molar-refractivity contribution in [2.45, 2.75) is 6.92 Å². The van der Waals surface area contributed by atoms with E-state index in [0.717, 1.165) is 11.1 Å². The highest BCUT2D eigenvalue weighted by Gasteiger charge is 2.07. The van der Waals surface area contributed by atoms with Gasteiger partial charge in [0.1, 0.15) is 0 Å². The van der Waals surface area contributed by atoms with Crippen LogP contribution >= 0.6 is 0 Å². The van der Waals surface area contributed by atoms with Crippen LogP contribution in [0.2, 0.25) is 0 Å². The molecule has 1 N–H and O–H groups in total. The Labute approximate surface area is 94.7 Å². The van der Waals surface area contributed by atoms with Crippen LogP contribution in [0.25, 0.3) is 21.8 Å². The quantitative estimate of drug-likeness (QED) is 0.589. The lowest BCUT2D eigenvalue weighted by Gasteiger charge is -2.02. The van der Waals surface area contributed by atoms with E-state index in [2.05, 4.69) is 14.4 Å². The largest absolute Gasteiger partial charge is 0.419 e. The fourth-order valence-corrected chi connectivity index (χ4v) is 1.85. The zero-order chi connectivity index (χ0) is 12.0. The van der Waals surface area contributed by atoms with Crippen molar-refractivity contribution in [2.24, 2.45) is 0 Å². The minimum Gasteiger partial charge on any atom is -0.372 e. The Bertz CT molecular complexity index is 846.